The highest BCUT2D eigenvalue weighted by atomic mass is 79.9. The Balaban J connectivity index is -0.0000000476. The Hall–Kier alpha value is 1.01. The van der Waals surface area contributed by atoms with Gasteiger partial charge < -0.3 is 75.1 Å². The van der Waals surface area contributed by atoms with E-state index in [0.717, 1.165) is 33.1 Å². The van der Waals surface area contributed by atoms with E-state index in [1.165, 1.54) is 0 Å². The fraction of sp³-hybridized carbons (Fsp3) is 1.00. The van der Waals surface area contributed by atoms with Gasteiger partial charge in [-0.2, -0.15) is 0 Å². The average molecular weight is 508 g/mol. The number of quaternary nitrogens is 3. The summed E-state index contributed by atoms with van der Waals surface area (Å²) in [5, 5.41) is 25.2. The molecule has 0 aromatic rings. The molecule has 0 amide bonds. The van der Waals surface area contributed by atoms with Crippen molar-refractivity contribution in [2.75, 3.05) is 103 Å². The van der Waals surface area contributed by atoms with Gasteiger partial charge in [0.05, 0.1) is 83.2 Å². The van der Waals surface area contributed by atoms with Gasteiger partial charge in [0.1, 0.15) is 19.6 Å². The van der Waals surface area contributed by atoms with E-state index in [-0.39, 0.29) is 66.2 Å². The first kappa shape index (κ1) is 39.9. The van der Waals surface area contributed by atoms with Crippen molar-refractivity contribution in [3.63, 3.8) is 0 Å². The summed E-state index contributed by atoms with van der Waals surface area (Å²) in [4.78, 5) is 0. The minimum Gasteiger partial charge on any atom is -1.00 e. The molecule has 0 aliphatic heterocycles. The van der Waals surface area contributed by atoms with Crippen LogP contribution in [0.3, 0.4) is 0 Å². The van der Waals surface area contributed by atoms with Gasteiger partial charge in [-0.3, -0.25) is 0 Å². The highest BCUT2D eigenvalue weighted by Crippen LogP contribution is 1.85. The third kappa shape index (κ3) is 65.9. The summed E-state index contributed by atoms with van der Waals surface area (Å²) in [6, 6.07) is 0. The standard InChI is InChI=1S/3C5H14NO.2BrH.ClH/c3*1-6(2,3)4-5-7;;;/h3*7H,4-5H2,1-3H3;3*1H/q3*+1;;;/p-3. The van der Waals surface area contributed by atoms with Crippen molar-refractivity contribution >= 4 is 0 Å². The van der Waals surface area contributed by atoms with Crippen LogP contribution in [-0.4, -0.2) is 132 Å². The second-order valence-corrected chi connectivity index (χ2v) is 8.21. The zero-order valence-electron chi connectivity index (χ0n) is 17.1. The minimum absolute atomic E-state index is 0. The lowest BCUT2D eigenvalue weighted by Crippen LogP contribution is -3.00. The van der Waals surface area contributed by atoms with Crippen molar-refractivity contribution in [3.8, 4) is 0 Å². The molecule has 0 rings (SSSR count). The summed E-state index contributed by atoms with van der Waals surface area (Å²) >= 11 is 0. The van der Waals surface area contributed by atoms with Gasteiger partial charge in [-0.15, -0.1) is 0 Å². The number of hydrogen-bond acceptors (Lipinski definition) is 3. The van der Waals surface area contributed by atoms with Crippen molar-refractivity contribution in [3.05, 3.63) is 0 Å². The molecule has 0 atom stereocenters. The fourth-order valence-corrected chi connectivity index (χ4v) is 0.900. The molecule has 0 radical (unpaired) electrons. The van der Waals surface area contributed by atoms with Crippen LogP contribution in [0, 0.1) is 0 Å². The van der Waals surface area contributed by atoms with E-state index in [4.69, 9.17) is 15.3 Å². The molecule has 24 heavy (non-hydrogen) atoms. The van der Waals surface area contributed by atoms with Crippen LogP contribution in [0.4, 0.5) is 0 Å². The van der Waals surface area contributed by atoms with Crippen molar-refractivity contribution in [2.24, 2.45) is 0 Å². The molecule has 0 aromatic heterocycles. The van der Waals surface area contributed by atoms with Gasteiger partial charge in [0.2, 0.25) is 0 Å². The normalized spacial score (nSPS) is 10.5. The van der Waals surface area contributed by atoms with Crippen LogP contribution in [0.5, 0.6) is 0 Å². The molecule has 0 saturated heterocycles. The lowest BCUT2D eigenvalue weighted by atomic mass is 10.5. The van der Waals surface area contributed by atoms with Crippen LogP contribution in [0.1, 0.15) is 0 Å². The van der Waals surface area contributed by atoms with Gasteiger partial charge in [0, 0.05) is 0 Å². The Morgan fingerprint density at radius 2 is 0.583 bits per heavy atom. The smallest absolute Gasteiger partial charge is 0.101 e. The molecular weight excluding hydrogens is 465 g/mol. The van der Waals surface area contributed by atoms with Crippen LogP contribution < -0.4 is 46.4 Å². The van der Waals surface area contributed by atoms with Gasteiger partial charge in [-0.25, -0.2) is 0 Å². The number of nitrogens with zero attached hydrogens (tertiary/aromatic N) is 3. The third-order valence-corrected chi connectivity index (χ3v) is 2.31. The Kier molecular flexibility index (Phi) is 33.8. The maximum Gasteiger partial charge on any atom is 0.101 e. The SMILES string of the molecule is C[N+](C)(C)CCO.C[N+](C)(C)CCO.C[N+](C)(C)CCO.[Br-].[Br-].[Cl-]. The molecule has 0 heterocycles. The molecule has 0 aliphatic carbocycles. The van der Waals surface area contributed by atoms with Gasteiger partial charge in [-0.05, 0) is 0 Å². The zero-order chi connectivity index (χ0) is 17.7. The molecule has 0 unspecified atom stereocenters. The van der Waals surface area contributed by atoms with E-state index in [1.54, 1.807) is 0 Å². The summed E-state index contributed by atoms with van der Waals surface area (Å²) in [7, 11) is 18.5. The predicted molar refractivity (Wildman–Crippen MR) is 90.0 cm³/mol. The molecule has 0 aromatic carbocycles. The lowest BCUT2D eigenvalue weighted by molar-refractivity contribution is -0.870. The predicted octanol–water partition coefficient (Wildman–Crippen LogP) is -9.93. The summed E-state index contributed by atoms with van der Waals surface area (Å²) in [5.41, 5.74) is 0. The van der Waals surface area contributed by atoms with Crippen LogP contribution in [0.15, 0.2) is 0 Å². The molecule has 6 nitrogen and oxygen atoms in total. The van der Waals surface area contributed by atoms with Crippen LogP contribution in [-0.2, 0) is 0 Å². The van der Waals surface area contributed by atoms with Gasteiger partial charge >= 0.3 is 0 Å². The van der Waals surface area contributed by atoms with Crippen molar-refractivity contribution < 1.29 is 75.1 Å². The quantitative estimate of drug-likeness (QED) is 0.313. The number of aliphatic hydroxyl groups is 3. The highest BCUT2D eigenvalue weighted by Gasteiger charge is 2.03. The molecule has 0 spiro atoms. The molecule has 0 aliphatic rings. The van der Waals surface area contributed by atoms with Crippen LogP contribution in [0.25, 0.3) is 0 Å². The topological polar surface area (TPSA) is 60.7 Å². The first-order chi connectivity index (χ1) is 9.18. The Morgan fingerprint density at radius 3 is 0.583 bits per heavy atom. The number of halogens is 3. The number of hydrogen-bond donors (Lipinski definition) is 3. The molecular formula is C15H42Br2ClN3O3. The van der Waals surface area contributed by atoms with Crippen molar-refractivity contribution in [1.82, 2.24) is 0 Å². The largest absolute Gasteiger partial charge is 1.00 e. The Labute approximate surface area is 177 Å². The minimum atomic E-state index is 0. The molecule has 0 fully saturated rings. The second kappa shape index (κ2) is 20.3. The fourth-order valence-electron chi connectivity index (χ4n) is 0.900. The summed E-state index contributed by atoms with van der Waals surface area (Å²) in [6.45, 7) is 3.34. The van der Waals surface area contributed by atoms with Gasteiger partial charge in [-0.1, -0.05) is 0 Å². The van der Waals surface area contributed by atoms with E-state index >= 15 is 0 Å². The molecule has 9 heteroatoms. The average Bonchev–Trinajstić information content (AvgIpc) is 2.12. The van der Waals surface area contributed by atoms with E-state index < -0.39 is 0 Å². The Morgan fingerprint density at radius 1 is 0.458 bits per heavy atom. The number of rotatable bonds is 6. The third-order valence-electron chi connectivity index (χ3n) is 2.31. The first-order valence-electron chi connectivity index (χ1n) is 7.42. The molecule has 3 N–H and O–H groups in total. The molecule has 0 saturated carbocycles. The van der Waals surface area contributed by atoms with Crippen LogP contribution in [0.2, 0.25) is 0 Å². The lowest BCUT2D eigenvalue weighted by Gasteiger charge is -2.21. The second-order valence-electron chi connectivity index (χ2n) is 8.21. The van der Waals surface area contributed by atoms with Gasteiger partial charge in [0.15, 0.2) is 0 Å². The summed E-state index contributed by atoms with van der Waals surface area (Å²) in [6.07, 6.45) is 0. The monoisotopic (exact) mass is 505 g/mol. The number of aliphatic hydroxyl groups excluding tert-OH is 3. The Bertz CT molecular complexity index is 193. The summed E-state index contributed by atoms with van der Waals surface area (Å²) in [5.74, 6) is 0. The molecule has 0 bridgehead atoms. The molecule has 156 valence electrons. The van der Waals surface area contributed by atoms with E-state index in [9.17, 15) is 0 Å². The maximum atomic E-state index is 8.39. The van der Waals surface area contributed by atoms with E-state index in [0.29, 0.717) is 0 Å². The van der Waals surface area contributed by atoms with Crippen LogP contribution >= 0.6 is 0 Å². The first-order valence-corrected chi connectivity index (χ1v) is 7.42. The van der Waals surface area contributed by atoms with Crippen molar-refractivity contribution in [2.45, 2.75) is 0 Å². The highest BCUT2D eigenvalue weighted by molar-refractivity contribution is 4.20. The summed E-state index contributed by atoms with van der Waals surface area (Å²) < 4.78 is 2.53. The zero-order valence-corrected chi connectivity index (χ0v) is 21.0. The number of likely N-dealkylation sites (N-methyl/N-ethyl adjacent to an activating group) is 3. The maximum absolute atomic E-state index is 8.39. The van der Waals surface area contributed by atoms with Crippen molar-refractivity contribution in [1.29, 1.82) is 0 Å². The van der Waals surface area contributed by atoms with Gasteiger partial charge in [0.25, 0.3) is 0 Å². The van der Waals surface area contributed by atoms with E-state index in [2.05, 4.69) is 63.4 Å². The van der Waals surface area contributed by atoms with E-state index in [1.807, 2.05) is 0 Å².